The van der Waals surface area contributed by atoms with Crippen LogP contribution in [0.15, 0.2) is 29.2 Å². The van der Waals surface area contributed by atoms with Crippen LogP contribution in [-0.2, 0) is 15.4 Å². The van der Waals surface area contributed by atoms with Crippen LogP contribution >= 0.6 is 0 Å². The summed E-state index contributed by atoms with van der Waals surface area (Å²) in [6.45, 7) is 8.60. The second-order valence-corrected chi connectivity index (χ2v) is 7.58. The van der Waals surface area contributed by atoms with Crippen molar-refractivity contribution in [2.75, 3.05) is 13.6 Å². The minimum atomic E-state index is -3.42. The first-order chi connectivity index (χ1) is 8.66. The molecule has 4 nitrogen and oxygen atoms in total. The normalized spacial score (nSPS) is 14.4. The van der Waals surface area contributed by atoms with E-state index >= 15 is 0 Å². The van der Waals surface area contributed by atoms with Gasteiger partial charge in [0.25, 0.3) is 0 Å². The fraction of sp³-hybridized carbons (Fsp3) is 0.571. The standard InChI is InChI=1S/C14H24N2O2S/c1-11(15-5)10-16-19(17,18)13-8-6-12(7-9-13)14(2,3)4/h6-9,11,15-16H,10H2,1-5H3. The number of rotatable bonds is 5. The molecule has 0 aliphatic heterocycles. The van der Waals surface area contributed by atoms with Gasteiger partial charge >= 0.3 is 0 Å². The minimum absolute atomic E-state index is 0.0242. The summed E-state index contributed by atoms with van der Waals surface area (Å²) in [5, 5.41) is 2.99. The first-order valence-corrected chi connectivity index (χ1v) is 7.92. The third kappa shape index (κ3) is 4.60. The molecule has 19 heavy (non-hydrogen) atoms. The van der Waals surface area contributed by atoms with Crippen LogP contribution in [0, 0.1) is 0 Å². The van der Waals surface area contributed by atoms with E-state index in [0.29, 0.717) is 11.4 Å². The van der Waals surface area contributed by atoms with Crippen LogP contribution in [0.4, 0.5) is 0 Å². The predicted octanol–water partition coefficient (Wildman–Crippen LogP) is 1.87. The number of hydrogen-bond acceptors (Lipinski definition) is 3. The van der Waals surface area contributed by atoms with Crippen LogP contribution in [0.5, 0.6) is 0 Å². The lowest BCUT2D eigenvalue weighted by atomic mass is 9.87. The van der Waals surface area contributed by atoms with E-state index in [4.69, 9.17) is 0 Å². The van der Waals surface area contributed by atoms with Crippen molar-refractivity contribution in [2.24, 2.45) is 0 Å². The number of hydrogen-bond donors (Lipinski definition) is 2. The summed E-state index contributed by atoms with van der Waals surface area (Å²) in [7, 11) is -1.62. The number of nitrogens with one attached hydrogen (secondary N) is 2. The van der Waals surface area contributed by atoms with Crippen molar-refractivity contribution in [1.82, 2.24) is 10.0 Å². The molecule has 1 atom stereocenters. The van der Waals surface area contributed by atoms with Crippen molar-refractivity contribution < 1.29 is 8.42 Å². The van der Waals surface area contributed by atoms with E-state index in [1.54, 1.807) is 19.2 Å². The van der Waals surface area contributed by atoms with Crippen LogP contribution in [0.1, 0.15) is 33.3 Å². The lowest BCUT2D eigenvalue weighted by Crippen LogP contribution is -2.37. The minimum Gasteiger partial charge on any atom is -0.316 e. The van der Waals surface area contributed by atoms with Gasteiger partial charge in [-0.15, -0.1) is 0 Å². The highest BCUT2D eigenvalue weighted by Crippen LogP contribution is 2.23. The van der Waals surface area contributed by atoms with Crippen molar-refractivity contribution in [3.63, 3.8) is 0 Å². The Morgan fingerprint density at radius 1 is 1.16 bits per heavy atom. The molecule has 0 bridgehead atoms. The molecule has 0 aliphatic carbocycles. The molecule has 0 radical (unpaired) electrons. The number of benzene rings is 1. The highest BCUT2D eigenvalue weighted by atomic mass is 32.2. The Kier molecular flexibility index (Phi) is 5.12. The zero-order valence-corrected chi connectivity index (χ0v) is 13.1. The average Bonchev–Trinajstić information content (AvgIpc) is 2.35. The van der Waals surface area contributed by atoms with E-state index < -0.39 is 10.0 Å². The maximum absolute atomic E-state index is 12.1. The Labute approximate surface area is 116 Å². The van der Waals surface area contributed by atoms with E-state index in [9.17, 15) is 8.42 Å². The van der Waals surface area contributed by atoms with Gasteiger partial charge in [0.05, 0.1) is 4.90 Å². The van der Waals surface area contributed by atoms with E-state index in [-0.39, 0.29) is 11.5 Å². The largest absolute Gasteiger partial charge is 0.316 e. The molecule has 0 aliphatic rings. The van der Waals surface area contributed by atoms with Gasteiger partial charge in [-0.3, -0.25) is 0 Å². The molecular weight excluding hydrogens is 260 g/mol. The van der Waals surface area contributed by atoms with Gasteiger partial charge in [-0.1, -0.05) is 32.9 Å². The molecule has 1 aromatic rings. The zero-order valence-electron chi connectivity index (χ0n) is 12.3. The zero-order chi connectivity index (χ0) is 14.7. The quantitative estimate of drug-likeness (QED) is 0.868. The Morgan fingerprint density at radius 3 is 2.11 bits per heavy atom. The first kappa shape index (κ1) is 16.1. The average molecular weight is 284 g/mol. The summed E-state index contributed by atoms with van der Waals surface area (Å²) in [5.74, 6) is 0. The molecule has 0 saturated heterocycles. The van der Waals surface area contributed by atoms with Gasteiger partial charge in [-0.05, 0) is 37.1 Å². The highest BCUT2D eigenvalue weighted by molar-refractivity contribution is 7.89. The Bertz CT molecular complexity index is 501. The molecule has 108 valence electrons. The molecule has 0 amide bonds. The van der Waals surface area contributed by atoms with Gasteiger partial charge < -0.3 is 5.32 Å². The second kappa shape index (κ2) is 6.03. The number of likely N-dealkylation sites (N-methyl/N-ethyl adjacent to an activating group) is 1. The lowest BCUT2D eigenvalue weighted by Gasteiger charge is -2.19. The van der Waals surface area contributed by atoms with Crippen molar-refractivity contribution in [3.8, 4) is 0 Å². The summed E-state index contributed by atoms with van der Waals surface area (Å²) in [6, 6.07) is 7.16. The summed E-state index contributed by atoms with van der Waals surface area (Å²) in [4.78, 5) is 0.309. The maximum Gasteiger partial charge on any atom is 0.240 e. The van der Waals surface area contributed by atoms with Crippen LogP contribution in [0.25, 0.3) is 0 Å². The molecule has 1 unspecified atom stereocenters. The summed E-state index contributed by atoms with van der Waals surface area (Å²) in [6.07, 6.45) is 0. The van der Waals surface area contributed by atoms with Crippen LogP contribution < -0.4 is 10.0 Å². The highest BCUT2D eigenvalue weighted by Gasteiger charge is 2.17. The van der Waals surface area contributed by atoms with Gasteiger partial charge in [-0.2, -0.15) is 0 Å². The van der Waals surface area contributed by atoms with Crippen LogP contribution in [0.3, 0.4) is 0 Å². The fourth-order valence-corrected chi connectivity index (χ4v) is 2.68. The Balaban J connectivity index is 2.85. The SMILES string of the molecule is CNC(C)CNS(=O)(=O)c1ccc(C(C)(C)C)cc1. The van der Waals surface area contributed by atoms with E-state index in [2.05, 4.69) is 30.8 Å². The number of sulfonamides is 1. The molecule has 0 saturated carbocycles. The van der Waals surface area contributed by atoms with Crippen LogP contribution in [0.2, 0.25) is 0 Å². The van der Waals surface area contributed by atoms with Gasteiger partial charge in [0.15, 0.2) is 0 Å². The summed E-state index contributed by atoms with van der Waals surface area (Å²) >= 11 is 0. The maximum atomic E-state index is 12.1. The van der Waals surface area contributed by atoms with Gasteiger partial charge in [0.2, 0.25) is 10.0 Å². The molecule has 1 rings (SSSR count). The molecule has 0 spiro atoms. The predicted molar refractivity (Wildman–Crippen MR) is 78.9 cm³/mol. The van der Waals surface area contributed by atoms with E-state index in [0.717, 1.165) is 5.56 Å². The Morgan fingerprint density at radius 2 is 1.68 bits per heavy atom. The monoisotopic (exact) mass is 284 g/mol. The molecule has 5 heteroatoms. The molecule has 1 aromatic carbocycles. The second-order valence-electron chi connectivity index (χ2n) is 5.82. The third-order valence-corrected chi connectivity index (χ3v) is 4.54. The molecule has 0 heterocycles. The van der Waals surface area contributed by atoms with Crippen molar-refractivity contribution >= 4 is 10.0 Å². The first-order valence-electron chi connectivity index (χ1n) is 6.44. The molecular formula is C14H24N2O2S. The van der Waals surface area contributed by atoms with Crippen molar-refractivity contribution in [3.05, 3.63) is 29.8 Å². The topological polar surface area (TPSA) is 58.2 Å². The lowest BCUT2D eigenvalue weighted by molar-refractivity contribution is 0.553. The fourth-order valence-electron chi connectivity index (χ4n) is 1.55. The third-order valence-electron chi connectivity index (χ3n) is 3.10. The van der Waals surface area contributed by atoms with E-state index in [1.165, 1.54) is 0 Å². The van der Waals surface area contributed by atoms with Crippen molar-refractivity contribution in [1.29, 1.82) is 0 Å². The Hall–Kier alpha value is -0.910. The van der Waals surface area contributed by atoms with Gasteiger partial charge in [0.1, 0.15) is 0 Å². The van der Waals surface area contributed by atoms with Gasteiger partial charge in [0, 0.05) is 12.6 Å². The van der Waals surface area contributed by atoms with Crippen molar-refractivity contribution in [2.45, 2.75) is 44.0 Å². The summed E-state index contributed by atoms with van der Waals surface area (Å²) < 4.78 is 26.7. The molecule has 0 fully saturated rings. The van der Waals surface area contributed by atoms with Gasteiger partial charge in [-0.25, -0.2) is 13.1 Å². The van der Waals surface area contributed by atoms with Crippen LogP contribution in [-0.4, -0.2) is 28.1 Å². The molecule has 0 aromatic heterocycles. The molecule has 2 N–H and O–H groups in total. The van der Waals surface area contributed by atoms with E-state index in [1.807, 2.05) is 19.1 Å². The smallest absolute Gasteiger partial charge is 0.240 e. The summed E-state index contributed by atoms with van der Waals surface area (Å²) in [5.41, 5.74) is 1.14.